The maximum Gasteiger partial charge on any atom is 0.270 e. The number of rotatable bonds is 5. The zero-order chi connectivity index (χ0) is 27.4. The van der Waals surface area contributed by atoms with Gasteiger partial charge in [0.2, 0.25) is 5.52 Å². The van der Waals surface area contributed by atoms with E-state index >= 15 is 0 Å². The van der Waals surface area contributed by atoms with E-state index in [0.717, 1.165) is 35.7 Å². The van der Waals surface area contributed by atoms with E-state index in [2.05, 4.69) is 33.5 Å². The van der Waals surface area contributed by atoms with E-state index in [9.17, 15) is 9.18 Å². The molecular formula is C29H31FN8O. The second-order valence-corrected chi connectivity index (χ2v) is 10.8. The molecule has 0 amide bonds. The van der Waals surface area contributed by atoms with Gasteiger partial charge in [-0.25, -0.2) is 9.37 Å². The second kappa shape index (κ2) is 9.58. The summed E-state index contributed by atoms with van der Waals surface area (Å²) in [5.41, 5.74) is 2.93. The van der Waals surface area contributed by atoms with Crippen LogP contribution in [0.4, 0.5) is 15.9 Å². The molecule has 10 heteroatoms. The van der Waals surface area contributed by atoms with Crippen LogP contribution in [0.1, 0.15) is 55.9 Å². The monoisotopic (exact) mass is 526 g/mol. The average Bonchev–Trinajstić information content (AvgIpc) is 3.71. The lowest BCUT2D eigenvalue weighted by Crippen LogP contribution is -2.58. The number of pyridine rings is 2. The summed E-state index contributed by atoms with van der Waals surface area (Å²) in [5.74, 6) is 2.18. The van der Waals surface area contributed by atoms with Crippen LogP contribution in [-0.2, 0) is 14.1 Å². The van der Waals surface area contributed by atoms with Crippen LogP contribution in [0.5, 0.6) is 0 Å². The van der Waals surface area contributed by atoms with Crippen molar-refractivity contribution in [1.82, 2.24) is 29.2 Å². The zero-order valence-electron chi connectivity index (χ0n) is 22.5. The SMILES string of the molecule is [C-]#[N+]c1ccc2c(n1)c(N1C[C@@H](C)N(C(c3ccc(F)cc3)c3nc(C4CC4)nn3C)C[C@@H]1C)cc(=O)n2C. The number of hydrogen-bond donors (Lipinski definition) is 0. The Bertz CT molecular complexity index is 1650. The Hall–Kier alpha value is -4.10. The van der Waals surface area contributed by atoms with Gasteiger partial charge in [-0.05, 0) is 56.5 Å². The number of halogens is 1. The summed E-state index contributed by atoms with van der Waals surface area (Å²) < 4.78 is 17.3. The van der Waals surface area contributed by atoms with Gasteiger partial charge in [-0.2, -0.15) is 5.10 Å². The van der Waals surface area contributed by atoms with E-state index in [-0.39, 0.29) is 29.5 Å². The number of benzene rings is 1. The Morgan fingerprint density at radius 3 is 2.46 bits per heavy atom. The molecule has 0 bridgehead atoms. The van der Waals surface area contributed by atoms with Crippen molar-refractivity contribution in [2.24, 2.45) is 14.1 Å². The molecule has 1 unspecified atom stereocenters. The minimum absolute atomic E-state index is 0.0222. The summed E-state index contributed by atoms with van der Waals surface area (Å²) in [6.45, 7) is 13.0. The summed E-state index contributed by atoms with van der Waals surface area (Å²) >= 11 is 0. The van der Waals surface area contributed by atoms with Crippen molar-refractivity contribution >= 4 is 22.5 Å². The lowest BCUT2D eigenvalue weighted by atomic mass is 9.98. The molecule has 2 fully saturated rings. The van der Waals surface area contributed by atoms with Crippen molar-refractivity contribution in [2.75, 3.05) is 18.0 Å². The highest BCUT2D eigenvalue weighted by molar-refractivity contribution is 5.89. The summed E-state index contributed by atoms with van der Waals surface area (Å²) in [6.07, 6.45) is 2.23. The van der Waals surface area contributed by atoms with Crippen molar-refractivity contribution in [3.8, 4) is 0 Å². The van der Waals surface area contributed by atoms with Gasteiger partial charge in [0.15, 0.2) is 5.82 Å². The van der Waals surface area contributed by atoms with Gasteiger partial charge < -0.3 is 14.3 Å². The molecule has 3 aromatic heterocycles. The number of hydrogen-bond acceptors (Lipinski definition) is 6. The number of nitrogens with zero attached hydrogens (tertiary/aromatic N) is 8. The van der Waals surface area contributed by atoms with Gasteiger partial charge in [0.25, 0.3) is 11.4 Å². The Morgan fingerprint density at radius 1 is 1.03 bits per heavy atom. The number of aromatic nitrogens is 5. The number of piperazine rings is 1. The van der Waals surface area contributed by atoms with Crippen LogP contribution in [0.25, 0.3) is 15.9 Å². The van der Waals surface area contributed by atoms with Gasteiger partial charge in [-0.3, -0.25) is 14.4 Å². The predicted octanol–water partition coefficient (Wildman–Crippen LogP) is 4.32. The molecule has 6 rings (SSSR count). The van der Waals surface area contributed by atoms with E-state index in [1.165, 1.54) is 12.1 Å². The summed E-state index contributed by atoms with van der Waals surface area (Å²) in [5, 5.41) is 4.73. The topological polar surface area (TPSA) is 76.4 Å². The largest absolute Gasteiger partial charge is 0.362 e. The van der Waals surface area contributed by atoms with Crippen molar-refractivity contribution in [1.29, 1.82) is 0 Å². The zero-order valence-corrected chi connectivity index (χ0v) is 22.5. The number of anilines is 1. The highest BCUT2D eigenvalue weighted by Gasteiger charge is 2.39. The van der Waals surface area contributed by atoms with Crippen LogP contribution in [0.15, 0.2) is 47.3 Å². The lowest BCUT2D eigenvalue weighted by molar-refractivity contribution is 0.123. The molecule has 1 aromatic carbocycles. The third kappa shape index (κ3) is 4.46. The maximum absolute atomic E-state index is 13.9. The molecule has 4 heterocycles. The van der Waals surface area contributed by atoms with E-state index in [1.807, 2.05) is 23.9 Å². The first kappa shape index (κ1) is 25.2. The smallest absolute Gasteiger partial charge is 0.270 e. The summed E-state index contributed by atoms with van der Waals surface area (Å²) in [4.78, 5) is 30.6. The standard InChI is InChI=1S/C29H31FN8O/c1-17-16-38(27(19-8-10-21(30)11-9-19)29-33-28(20-6-7-20)34-36(29)5)18(2)15-37(17)23-14-25(39)35(4)22-12-13-24(31-3)32-26(22)23/h8-14,17-18,20,27H,6-7,15-16H2,1-2,4-5H3/t17-,18+,27?/m0/s1. The first-order valence-electron chi connectivity index (χ1n) is 13.3. The molecule has 1 aliphatic carbocycles. The van der Waals surface area contributed by atoms with Crippen LogP contribution >= 0.6 is 0 Å². The number of aryl methyl sites for hydroxylation is 2. The average molecular weight is 527 g/mol. The van der Waals surface area contributed by atoms with Gasteiger partial charge in [0.1, 0.15) is 11.6 Å². The van der Waals surface area contributed by atoms with Crippen molar-refractivity contribution < 1.29 is 4.39 Å². The van der Waals surface area contributed by atoms with Crippen LogP contribution in [0.3, 0.4) is 0 Å². The fraction of sp³-hybridized carbons (Fsp3) is 0.414. The van der Waals surface area contributed by atoms with Crippen LogP contribution in [0, 0.1) is 12.4 Å². The highest BCUT2D eigenvalue weighted by atomic mass is 19.1. The molecule has 0 spiro atoms. The Balaban J connectivity index is 1.40. The lowest BCUT2D eigenvalue weighted by Gasteiger charge is -2.47. The Labute approximate surface area is 226 Å². The fourth-order valence-corrected chi connectivity index (χ4v) is 5.73. The predicted molar refractivity (Wildman–Crippen MR) is 147 cm³/mol. The molecule has 1 saturated heterocycles. The third-order valence-corrected chi connectivity index (χ3v) is 8.03. The molecule has 200 valence electrons. The first-order valence-corrected chi connectivity index (χ1v) is 13.3. The van der Waals surface area contributed by atoms with E-state index < -0.39 is 0 Å². The normalized spacial score (nSPS) is 20.8. The Morgan fingerprint density at radius 2 is 1.77 bits per heavy atom. The van der Waals surface area contributed by atoms with Crippen LogP contribution in [-0.4, -0.2) is 54.4 Å². The maximum atomic E-state index is 13.9. The van der Waals surface area contributed by atoms with Crippen molar-refractivity contribution in [3.05, 3.63) is 87.3 Å². The minimum atomic E-state index is -0.274. The number of fused-ring (bicyclic) bond motifs is 1. The molecule has 4 aromatic rings. The van der Waals surface area contributed by atoms with Gasteiger partial charge in [-0.15, -0.1) is 4.98 Å². The molecule has 2 aliphatic rings. The van der Waals surface area contributed by atoms with E-state index in [1.54, 1.807) is 29.8 Å². The summed E-state index contributed by atoms with van der Waals surface area (Å²) in [7, 11) is 3.66. The van der Waals surface area contributed by atoms with E-state index in [0.29, 0.717) is 35.9 Å². The van der Waals surface area contributed by atoms with Gasteiger partial charge in [0, 0.05) is 51.3 Å². The van der Waals surface area contributed by atoms with Gasteiger partial charge in [-0.1, -0.05) is 18.7 Å². The minimum Gasteiger partial charge on any atom is -0.362 e. The molecule has 0 N–H and O–H groups in total. The van der Waals surface area contributed by atoms with Gasteiger partial charge >= 0.3 is 0 Å². The molecule has 1 aliphatic heterocycles. The quantitative estimate of drug-likeness (QED) is 0.361. The molecule has 0 radical (unpaired) electrons. The fourth-order valence-electron chi connectivity index (χ4n) is 5.73. The summed E-state index contributed by atoms with van der Waals surface area (Å²) in [6, 6.07) is 11.6. The van der Waals surface area contributed by atoms with Crippen LogP contribution < -0.4 is 10.5 Å². The Kier molecular flexibility index (Phi) is 6.19. The molecule has 9 nitrogen and oxygen atoms in total. The molecular weight excluding hydrogens is 495 g/mol. The first-order chi connectivity index (χ1) is 18.7. The van der Waals surface area contributed by atoms with Crippen molar-refractivity contribution in [3.63, 3.8) is 0 Å². The molecule has 39 heavy (non-hydrogen) atoms. The van der Waals surface area contributed by atoms with Crippen LogP contribution in [0.2, 0.25) is 0 Å². The van der Waals surface area contributed by atoms with E-state index in [4.69, 9.17) is 16.7 Å². The van der Waals surface area contributed by atoms with Crippen molar-refractivity contribution in [2.45, 2.75) is 50.7 Å². The highest BCUT2D eigenvalue weighted by Crippen LogP contribution is 2.40. The third-order valence-electron chi connectivity index (χ3n) is 8.03. The second-order valence-electron chi connectivity index (χ2n) is 10.8. The van der Waals surface area contributed by atoms with Gasteiger partial charge in [0.05, 0.1) is 17.2 Å². The molecule has 3 atom stereocenters. The molecule has 1 saturated carbocycles.